The van der Waals surface area contributed by atoms with E-state index in [1.807, 2.05) is 44.2 Å². The summed E-state index contributed by atoms with van der Waals surface area (Å²) in [5, 5.41) is 3.04. The van der Waals surface area contributed by atoms with Gasteiger partial charge in [0.25, 0.3) is 15.9 Å². The van der Waals surface area contributed by atoms with Crippen molar-refractivity contribution < 1.29 is 13.2 Å². The number of aryl methyl sites for hydroxylation is 1. The topological polar surface area (TPSA) is 75.3 Å². The van der Waals surface area contributed by atoms with Gasteiger partial charge in [-0.3, -0.25) is 9.52 Å². The first-order valence-electron chi connectivity index (χ1n) is 9.01. The molecule has 7 heteroatoms. The number of rotatable bonds is 6. The van der Waals surface area contributed by atoms with Crippen LogP contribution in [0.15, 0.2) is 77.7 Å². The van der Waals surface area contributed by atoms with Gasteiger partial charge in [-0.1, -0.05) is 59.6 Å². The molecule has 0 spiro atoms. The number of halogens is 1. The van der Waals surface area contributed by atoms with Gasteiger partial charge in [-0.15, -0.1) is 0 Å². The lowest BCUT2D eigenvalue weighted by Crippen LogP contribution is -2.26. The third kappa shape index (κ3) is 5.16. The molecule has 0 aliphatic carbocycles. The highest BCUT2D eigenvalue weighted by Gasteiger charge is 2.17. The maximum Gasteiger partial charge on any atom is 0.261 e. The number of benzene rings is 3. The lowest BCUT2D eigenvalue weighted by molar-refractivity contribution is 0.0940. The molecule has 0 saturated carbocycles. The maximum atomic E-state index is 12.5. The quantitative estimate of drug-likeness (QED) is 0.583. The Labute approximate surface area is 175 Å². The van der Waals surface area contributed by atoms with Gasteiger partial charge in [0.1, 0.15) is 0 Å². The summed E-state index contributed by atoms with van der Waals surface area (Å²) in [6.07, 6.45) is 0. The first-order valence-corrected chi connectivity index (χ1v) is 10.9. The maximum absolute atomic E-state index is 12.5. The molecule has 150 valence electrons. The molecule has 0 fully saturated rings. The second kappa shape index (κ2) is 8.68. The monoisotopic (exact) mass is 428 g/mol. The Balaban J connectivity index is 1.74. The number of nitrogens with one attached hydrogen (secondary N) is 2. The Morgan fingerprint density at radius 1 is 0.966 bits per heavy atom. The zero-order chi connectivity index (χ0) is 21.0. The minimum absolute atomic E-state index is 0.137. The summed E-state index contributed by atoms with van der Waals surface area (Å²) in [5.41, 5.74) is 2.49. The summed E-state index contributed by atoms with van der Waals surface area (Å²) in [5.74, 6) is -0.295. The van der Waals surface area contributed by atoms with Crippen molar-refractivity contribution in [3.05, 3.63) is 94.5 Å². The first kappa shape index (κ1) is 20.9. The van der Waals surface area contributed by atoms with Crippen LogP contribution in [0.1, 0.15) is 34.5 Å². The van der Waals surface area contributed by atoms with Gasteiger partial charge in [0.05, 0.1) is 21.6 Å². The molecule has 1 amide bonds. The molecule has 0 unspecified atom stereocenters. The average Bonchev–Trinajstić information content (AvgIpc) is 2.70. The van der Waals surface area contributed by atoms with Gasteiger partial charge >= 0.3 is 0 Å². The van der Waals surface area contributed by atoms with Crippen LogP contribution >= 0.6 is 11.6 Å². The van der Waals surface area contributed by atoms with Gasteiger partial charge in [-0.25, -0.2) is 8.42 Å². The van der Waals surface area contributed by atoms with E-state index in [2.05, 4.69) is 10.0 Å². The summed E-state index contributed by atoms with van der Waals surface area (Å²) < 4.78 is 27.5. The summed E-state index contributed by atoms with van der Waals surface area (Å²) in [7, 11) is -3.78. The number of hydrogen-bond acceptors (Lipinski definition) is 3. The number of anilines is 1. The normalized spacial score (nSPS) is 12.2. The number of carbonyl (C=O) groups excluding carboxylic acids is 1. The Morgan fingerprint density at radius 3 is 2.24 bits per heavy atom. The van der Waals surface area contributed by atoms with E-state index in [0.29, 0.717) is 5.56 Å². The minimum Gasteiger partial charge on any atom is -0.346 e. The molecule has 0 aromatic heterocycles. The van der Waals surface area contributed by atoms with Gasteiger partial charge in [-0.05, 0) is 49.7 Å². The van der Waals surface area contributed by atoms with Crippen LogP contribution in [0.25, 0.3) is 0 Å². The number of sulfonamides is 1. The highest BCUT2D eigenvalue weighted by Crippen LogP contribution is 2.26. The van der Waals surface area contributed by atoms with Gasteiger partial charge < -0.3 is 5.32 Å². The molecular weight excluding hydrogens is 408 g/mol. The minimum atomic E-state index is -3.78. The number of carbonyl (C=O) groups is 1. The molecule has 0 heterocycles. The fraction of sp³-hybridized carbons (Fsp3) is 0.136. The predicted molar refractivity (Wildman–Crippen MR) is 116 cm³/mol. The SMILES string of the molecule is Cc1ccc(S(=O)(=O)Nc2ccc(C(=O)N[C@@H](C)c3ccccc3)cc2Cl)cc1. The molecule has 3 aromatic carbocycles. The van der Waals surface area contributed by atoms with E-state index in [4.69, 9.17) is 11.6 Å². The third-order valence-corrected chi connectivity index (χ3v) is 6.15. The van der Waals surface area contributed by atoms with Crippen molar-refractivity contribution in [3.63, 3.8) is 0 Å². The van der Waals surface area contributed by atoms with Crippen molar-refractivity contribution in [3.8, 4) is 0 Å². The van der Waals surface area contributed by atoms with E-state index in [0.717, 1.165) is 11.1 Å². The molecule has 3 rings (SSSR count). The summed E-state index contributed by atoms with van der Waals surface area (Å²) in [6, 6.07) is 20.4. The lowest BCUT2D eigenvalue weighted by Gasteiger charge is -2.15. The molecule has 0 radical (unpaired) electrons. The van der Waals surface area contributed by atoms with E-state index < -0.39 is 10.0 Å². The first-order chi connectivity index (χ1) is 13.8. The van der Waals surface area contributed by atoms with Crippen LogP contribution in [0.5, 0.6) is 0 Å². The molecule has 5 nitrogen and oxygen atoms in total. The zero-order valence-electron chi connectivity index (χ0n) is 16.0. The van der Waals surface area contributed by atoms with Gasteiger partial charge in [0.2, 0.25) is 0 Å². The molecule has 2 N–H and O–H groups in total. The summed E-state index contributed by atoms with van der Waals surface area (Å²) in [4.78, 5) is 12.7. The zero-order valence-corrected chi connectivity index (χ0v) is 17.6. The summed E-state index contributed by atoms with van der Waals surface area (Å²) in [6.45, 7) is 3.77. The van der Waals surface area contributed by atoms with E-state index in [1.165, 1.54) is 30.3 Å². The fourth-order valence-electron chi connectivity index (χ4n) is 2.77. The van der Waals surface area contributed by atoms with Crippen LogP contribution < -0.4 is 10.0 Å². The van der Waals surface area contributed by atoms with Crippen LogP contribution in [0.4, 0.5) is 5.69 Å². The van der Waals surface area contributed by atoms with E-state index in [1.54, 1.807) is 12.1 Å². The van der Waals surface area contributed by atoms with Gasteiger partial charge in [0.15, 0.2) is 0 Å². The fourth-order valence-corrected chi connectivity index (χ4v) is 4.13. The van der Waals surface area contributed by atoms with Crippen molar-refractivity contribution >= 4 is 33.2 Å². The molecule has 29 heavy (non-hydrogen) atoms. The molecule has 0 aliphatic rings. The largest absolute Gasteiger partial charge is 0.346 e. The van der Waals surface area contributed by atoms with Crippen molar-refractivity contribution in [1.29, 1.82) is 0 Å². The van der Waals surface area contributed by atoms with Crippen molar-refractivity contribution in [2.45, 2.75) is 24.8 Å². The molecule has 0 aliphatic heterocycles. The standard InChI is InChI=1S/C22H21ClN2O3S/c1-15-8-11-19(12-9-15)29(27,28)25-21-13-10-18(14-20(21)23)22(26)24-16(2)17-6-4-3-5-7-17/h3-14,16,25H,1-2H3,(H,24,26)/t16-/m0/s1. The van der Waals surface area contributed by atoms with Gasteiger partial charge in [-0.2, -0.15) is 0 Å². The predicted octanol–water partition coefficient (Wildman–Crippen LogP) is 4.94. The molecular formula is C22H21ClN2O3S. The van der Waals surface area contributed by atoms with Crippen LogP contribution in [-0.4, -0.2) is 14.3 Å². The van der Waals surface area contributed by atoms with Gasteiger partial charge in [0, 0.05) is 5.56 Å². The van der Waals surface area contributed by atoms with Crippen LogP contribution in [0.2, 0.25) is 5.02 Å². The lowest BCUT2D eigenvalue weighted by atomic mass is 10.1. The number of amides is 1. The second-order valence-corrected chi connectivity index (χ2v) is 8.81. The second-order valence-electron chi connectivity index (χ2n) is 6.72. The molecule has 0 saturated heterocycles. The van der Waals surface area contributed by atoms with Crippen LogP contribution in [0.3, 0.4) is 0 Å². The van der Waals surface area contributed by atoms with Crippen molar-refractivity contribution in [1.82, 2.24) is 5.32 Å². The molecule has 3 aromatic rings. The van der Waals surface area contributed by atoms with E-state index in [9.17, 15) is 13.2 Å². The molecule has 1 atom stereocenters. The Bertz CT molecular complexity index is 1110. The van der Waals surface area contributed by atoms with Crippen molar-refractivity contribution in [2.75, 3.05) is 4.72 Å². The molecule has 0 bridgehead atoms. The van der Waals surface area contributed by atoms with E-state index >= 15 is 0 Å². The highest BCUT2D eigenvalue weighted by atomic mass is 35.5. The Hall–Kier alpha value is -2.83. The summed E-state index contributed by atoms with van der Waals surface area (Å²) >= 11 is 6.24. The number of hydrogen-bond donors (Lipinski definition) is 2. The van der Waals surface area contributed by atoms with Crippen LogP contribution in [0, 0.1) is 6.92 Å². The average molecular weight is 429 g/mol. The highest BCUT2D eigenvalue weighted by molar-refractivity contribution is 7.92. The van der Waals surface area contributed by atoms with Crippen LogP contribution in [-0.2, 0) is 10.0 Å². The van der Waals surface area contributed by atoms with Crippen molar-refractivity contribution in [2.24, 2.45) is 0 Å². The van der Waals surface area contributed by atoms with E-state index in [-0.39, 0.29) is 27.6 Å². The third-order valence-electron chi connectivity index (χ3n) is 4.45. The Morgan fingerprint density at radius 2 is 1.62 bits per heavy atom. The smallest absolute Gasteiger partial charge is 0.261 e. The Kier molecular flexibility index (Phi) is 6.25.